The van der Waals surface area contributed by atoms with Gasteiger partial charge in [-0.05, 0) is 30.3 Å². The SMILES string of the molecule is O=C(OC(C(=O)Nc1cc(Cl)cc(Cl)c1)c1ccccc1)c1ccc2nncn2c1. The fourth-order valence-electron chi connectivity index (χ4n) is 2.86. The number of hydrogen-bond donors (Lipinski definition) is 1. The molecule has 0 bridgehead atoms. The van der Waals surface area contributed by atoms with Crippen LogP contribution >= 0.6 is 23.2 Å². The second-order valence-electron chi connectivity index (χ2n) is 6.36. The molecule has 9 heteroatoms. The van der Waals surface area contributed by atoms with Crippen LogP contribution in [0, 0.1) is 0 Å². The summed E-state index contributed by atoms with van der Waals surface area (Å²) in [4.78, 5) is 25.7. The highest BCUT2D eigenvalue weighted by Crippen LogP contribution is 2.25. The highest BCUT2D eigenvalue weighted by atomic mass is 35.5. The molecule has 0 aliphatic heterocycles. The number of carbonyl (C=O) groups is 2. The van der Waals surface area contributed by atoms with Gasteiger partial charge >= 0.3 is 5.97 Å². The maximum absolute atomic E-state index is 13.0. The smallest absolute Gasteiger partial charge is 0.340 e. The van der Waals surface area contributed by atoms with Crippen LogP contribution in [-0.4, -0.2) is 26.5 Å². The summed E-state index contributed by atoms with van der Waals surface area (Å²) in [6.07, 6.45) is 1.82. The fraction of sp³-hybridized carbons (Fsp3) is 0.0476. The Bertz CT molecular complexity index is 1210. The van der Waals surface area contributed by atoms with E-state index >= 15 is 0 Å². The van der Waals surface area contributed by atoms with Gasteiger partial charge < -0.3 is 10.1 Å². The highest BCUT2D eigenvalue weighted by Gasteiger charge is 2.26. The van der Waals surface area contributed by atoms with Gasteiger partial charge in [0, 0.05) is 27.5 Å². The number of amides is 1. The van der Waals surface area contributed by atoms with Crippen LogP contribution in [0.15, 0.2) is 73.2 Å². The molecule has 1 atom stereocenters. The van der Waals surface area contributed by atoms with Crippen molar-refractivity contribution in [2.24, 2.45) is 0 Å². The third-order valence-electron chi connectivity index (χ3n) is 4.22. The Morgan fingerprint density at radius 3 is 2.47 bits per heavy atom. The zero-order valence-corrected chi connectivity index (χ0v) is 16.8. The van der Waals surface area contributed by atoms with E-state index in [2.05, 4.69) is 15.5 Å². The molecule has 1 amide bonds. The summed E-state index contributed by atoms with van der Waals surface area (Å²) in [6, 6.07) is 16.6. The number of halogens is 2. The summed E-state index contributed by atoms with van der Waals surface area (Å²) in [5.74, 6) is -1.21. The molecule has 0 radical (unpaired) electrons. The number of fused-ring (bicyclic) bond motifs is 1. The van der Waals surface area contributed by atoms with Crippen molar-refractivity contribution in [1.29, 1.82) is 0 Å². The van der Waals surface area contributed by atoms with Crippen LogP contribution in [0.3, 0.4) is 0 Å². The van der Waals surface area contributed by atoms with Crippen molar-refractivity contribution in [3.8, 4) is 0 Å². The lowest BCUT2D eigenvalue weighted by Gasteiger charge is -2.18. The lowest BCUT2D eigenvalue weighted by molar-refractivity contribution is -0.125. The van der Waals surface area contributed by atoms with Gasteiger partial charge in [-0.1, -0.05) is 53.5 Å². The maximum Gasteiger partial charge on any atom is 0.340 e. The Hall–Kier alpha value is -3.42. The largest absolute Gasteiger partial charge is 0.444 e. The molecule has 1 N–H and O–H groups in total. The van der Waals surface area contributed by atoms with E-state index in [1.54, 1.807) is 65.1 Å². The van der Waals surface area contributed by atoms with Crippen molar-refractivity contribution in [3.63, 3.8) is 0 Å². The summed E-state index contributed by atoms with van der Waals surface area (Å²) in [7, 11) is 0. The van der Waals surface area contributed by atoms with Gasteiger partial charge in [-0.2, -0.15) is 0 Å². The van der Waals surface area contributed by atoms with Crippen molar-refractivity contribution < 1.29 is 14.3 Å². The van der Waals surface area contributed by atoms with Crippen LogP contribution in [-0.2, 0) is 9.53 Å². The lowest BCUT2D eigenvalue weighted by Crippen LogP contribution is -2.26. The van der Waals surface area contributed by atoms with Crippen LogP contribution < -0.4 is 5.32 Å². The van der Waals surface area contributed by atoms with E-state index in [0.717, 1.165) is 0 Å². The zero-order valence-electron chi connectivity index (χ0n) is 15.3. The van der Waals surface area contributed by atoms with Gasteiger partial charge in [-0.3, -0.25) is 9.20 Å². The minimum Gasteiger partial charge on any atom is -0.444 e. The molecular formula is C21H14Cl2N4O3. The number of hydrogen-bond acceptors (Lipinski definition) is 5. The quantitative estimate of drug-likeness (QED) is 0.459. The van der Waals surface area contributed by atoms with E-state index < -0.39 is 18.0 Å². The van der Waals surface area contributed by atoms with Crippen LogP contribution in [0.1, 0.15) is 22.0 Å². The Kier molecular flexibility index (Phi) is 5.65. The number of pyridine rings is 1. The molecule has 2 aromatic heterocycles. The molecule has 150 valence electrons. The summed E-state index contributed by atoms with van der Waals surface area (Å²) < 4.78 is 7.16. The summed E-state index contributed by atoms with van der Waals surface area (Å²) in [6.45, 7) is 0. The molecular weight excluding hydrogens is 427 g/mol. The Morgan fingerprint density at radius 2 is 1.73 bits per heavy atom. The van der Waals surface area contributed by atoms with E-state index in [9.17, 15) is 9.59 Å². The third kappa shape index (κ3) is 4.42. The minimum absolute atomic E-state index is 0.252. The molecule has 4 aromatic rings. The van der Waals surface area contributed by atoms with Crippen molar-refractivity contribution in [1.82, 2.24) is 14.6 Å². The number of ether oxygens (including phenoxy) is 1. The van der Waals surface area contributed by atoms with Gasteiger partial charge in [0.15, 0.2) is 5.65 Å². The molecule has 7 nitrogen and oxygen atoms in total. The average molecular weight is 441 g/mol. The summed E-state index contributed by atoms with van der Waals surface area (Å²) >= 11 is 12.0. The van der Waals surface area contributed by atoms with E-state index in [0.29, 0.717) is 26.9 Å². The number of esters is 1. The molecule has 30 heavy (non-hydrogen) atoms. The molecule has 0 aliphatic carbocycles. The number of benzene rings is 2. The first-order valence-electron chi connectivity index (χ1n) is 8.82. The maximum atomic E-state index is 13.0. The predicted octanol–water partition coefficient (Wildman–Crippen LogP) is 4.57. The van der Waals surface area contributed by atoms with Gasteiger partial charge in [0.05, 0.1) is 5.56 Å². The first kappa shape index (κ1) is 19.9. The molecule has 1 unspecified atom stereocenters. The lowest BCUT2D eigenvalue weighted by atomic mass is 10.1. The Balaban J connectivity index is 1.60. The molecule has 0 aliphatic rings. The second-order valence-corrected chi connectivity index (χ2v) is 7.23. The van der Waals surface area contributed by atoms with Crippen LogP contribution in [0.4, 0.5) is 5.69 Å². The number of nitrogens with one attached hydrogen (secondary N) is 1. The van der Waals surface area contributed by atoms with Crippen molar-refractivity contribution in [2.45, 2.75) is 6.10 Å². The first-order valence-corrected chi connectivity index (χ1v) is 9.57. The van der Waals surface area contributed by atoms with Crippen molar-refractivity contribution in [3.05, 3.63) is 94.4 Å². The second kappa shape index (κ2) is 8.52. The van der Waals surface area contributed by atoms with E-state index in [1.807, 2.05) is 0 Å². The average Bonchev–Trinajstić information content (AvgIpc) is 3.19. The summed E-state index contributed by atoms with van der Waals surface area (Å²) in [5, 5.41) is 11.1. The Morgan fingerprint density at radius 1 is 1.00 bits per heavy atom. The van der Waals surface area contributed by atoms with E-state index in [4.69, 9.17) is 27.9 Å². The number of aromatic nitrogens is 3. The van der Waals surface area contributed by atoms with Gasteiger partial charge in [0.2, 0.25) is 6.10 Å². The fourth-order valence-corrected chi connectivity index (χ4v) is 3.38. The normalized spacial score (nSPS) is 11.8. The highest BCUT2D eigenvalue weighted by molar-refractivity contribution is 6.35. The molecule has 0 fully saturated rings. The molecule has 0 spiro atoms. The molecule has 2 aromatic carbocycles. The van der Waals surface area contributed by atoms with Crippen LogP contribution in [0.25, 0.3) is 5.65 Å². The van der Waals surface area contributed by atoms with E-state index in [-0.39, 0.29) is 5.56 Å². The molecule has 2 heterocycles. The zero-order chi connectivity index (χ0) is 21.1. The standard InChI is InChI=1S/C21H14Cl2N4O3/c22-15-8-16(23)10-17(9-15)25-20(28)19(13-4-2-1-3-5-13)30-21(29)14-6-7-18-26-24-12-27(18)11-14/h1-12,19H,(H,25,28). The van der Waals surface area contributed by atoms with Crippen molar-refractivity contribution >= 4 is 46.4 Å². The number of anilines is 1. The molecule has 0 saturated heterocycles. The third-order valence-corrected chi connectivity index (χ3v) is 4.66. The predicted molar refractivity (Wildman–Crippen MR) is 113 cm³/mol. The van der Waals surface area contributed by atoms with Gasteiger partial charge in [0.1, 0.15) is 6.33 Å². The van der Waals surface area contributed by atoms with Crippen LogP contribution in [0.2, 0.25) is 10.0 Å². The van der Waals surface area contributed by atoms with Gasteiger partial charge in [0.25, 0.3) is 5.91 Å². The van der Waals surface area contributed by atoms with Gasteiger partial charge in [-0.15, -0.1) is 10.2 Å². The molecule has 4 rings (SSSR count). The van der Waals surface area contributed by atoms with Crippen LogP contribution in [0.5, 0.6) is 0 Å². The number of rotatable bonds is 5. The first-order chi connectivity index (χ1) is 14.5. The van der Waals surface area contributed by atoms with Crippen molar-refractivity contribution in [2.75, 3.05) is 5.32 Å². The van der Waals surface area contributed by atoms with Gasteiger partial charge in [-0.25, -0.2) is 4.79 Å². The number of carbonyl (C=O) groups excluding carboxylic acids is 2. The van der Waals surface area contributed by atoms with E-state index in [1.165, 1.54) is 12.5 Å². The molecule has 0 saturated carbocycles. The Labute approximate surface area is 181 Å². The minimum atomic E-state index is -1.19. The monoisotopic (exact) mass is 440 g/mol. The topological polar surface area (TPSA) is 85.6 Å². The summed E-state index contributed by atoms with van der Waals surface area (Å²) in [5.41, 5.74) is 1.74. The number of nitrogens with zero attached hydrogens (tertiary/aromatic N) is 3.